The highest BCUT2D eigenvalue weighted by Crippen LogP contribution is 2.44. The third-order valence-electron chi connectivity index (χ3n) is 8.48. The molecule has 0 bridgehead atoms. The third-order valence-corrected chi connectivity index (χ3v) is 8.48. The summed E-state index contributed by atoms with van der Waals surface area (Å²) in [5.41, 5.74) is 4.46. The van der Waals surface area contributed by atoms with Crippen LogP contribution in [-0.4, -0.2) is 59.8 Å². The highest BCUT2D eigenvalue weighted by molar-refractivity contribution is 5.90. The molecule has 3 aromatic carbocycles. The van der Waals surface area contributed by atoms with E-state index in [1.165, 1.54) is 11.1 Å². The first-order valence-corrected chi connectivity index (χ1v) is 13.8. The Labute approximate surface area is 233 Å². The molecule has 2 fully saturated rings. The Morgan fingerprint density at radius 2 is 1.57 bits per heavy atom. The molecule has 40 heavy (non-hydrogen) atoms. The van der Waals surface area contributed by atoms with Gasteiger partial charge in [0, 0.05) is 38.0 Å². The van der Waals surface area contributed by atoms with Crippen LogP contribution in [-0.2, 0) is 20.9 Å². The number of benzene rings is 3. The van der Waals surface area contributed by atoms with Crippen molar-refractivity contribution in [2.24, 2.45) is 11.8 Å². The second-order valence-electron chi connectivity index (χ2n) is 11.1. The van der Waals surface area contributed by atoms with Gasteiger partial charge >= 0.3 is 12.1 Å². The number of hydrogen-bond donors (Lipinski definition) is 3. The lowest BCUT2D eigenvalue weighted by Gasteiger charge is -2.26. The van der Waals surface area contributed by atoms with Crippen molar-refractivity contribution in [2.75, 3.05) is 26.2 Å². The van der Waals surface area contributed by atoms with Crippen molar-refractivity contribution in [3.8, 4) is 11.1 Å². The summed E-state index contributed by atoms with van der Waals surface area (Å²) in [6.07, 6.45) is 0.456. The molecular formula is C32H33N3O5. The molecule has 2 aliphatic carbocycles. The summed E-state index contributed by atoms with van der Waals surface area (Å²) >= 11 is 0. The van der Waals surface area contributed by atoms with Crippen molar-refractivity contribution in [1.29, 1.82) is 0 Å². The second kappa shape index (κ2) is 10.8. The summed E-state index contributed by atoms with van der Waals surface area (Å²) in [4.78, 5) is 39.8. The minimum Gasteiger partial charge on any atom is -0.479 e. The molecule has 3 aromatic rings. The van der Waals surface area contributed by atoms with Gasteiger partial charge in [-0.05, 0) is 46.6 Å². The quantitative estimate of drug-likeness (QED) is 0.379. The molecule has 1 saturated heterocycles. The molecular weight excluding hydrogens is 506 g/mol. The molecule has 8 nitrogen and oxygen atoms in total. The van der Waals surface area contributed by atoms with Gasteiger partial charge in [-0.15, -0.1) is 0 Å². The molecule has 3 atom stereocenters. The summed E-state index contributed by atoms with van der Waals surface area (Å²) in [7, 11) is 0. The lowest BCUT2D eigenvalue weighted by molar-refractivity contribution is -0.147. The van der Waals surface area contributed by atoms with Crippen LogP contribution in [0.3, 0.4) is 0 Å². The maximum atomic E-state index is 13.0. The second-order valence-corrected chi connectivity index (χ2v) is 11.1. The smallest absolute Gasteiger partial charge is 0.407 e. The number of likely N-dealkylation sites (tertiary alicyclic amines) is 1. The molecule has 0 spiro atoms. The van der Waals surface area contributed by atoms with Gasteiger partial charge in [0.15, 0.2) is 5.54 Å². The lowest BCUT2D eigenvalue weighted by atomic mass is 9.98. The van der Waals surface area contributed by atoms with E-state index in [1.807, 2.05) is 54.6 Å². The van der Waals surface area contributed by atoms with E-state index in [0.717, 1.165) is 16.7 Å². The molecule has 3 N–H and O–H groups in total. The van der Waals surface area contributed by atoms with Crippen molar-refractivity contribution in [3.63, 3.8) is 0 Å². The van der Waals surface area contributed by atoms with E-state index in [9.17, 15) is 19.5 Å². The van der Waals surface area contributed by atoms with Crippen LogP contribution in [0.1, 0.15) is 35.4 Å². The first-order chi connectivity index (χ1) is 19.4. The van der Waals surface area contributed by atoms with Gasteiger partial charge in [-0.2, -0.15) is 0 Å². The number of fused-ring (bicyclic) bond motifs is 3. The van der Waals surface area contributed by atoms with Crippen molar-refractivity contribution in [3.05, 3.63) is 95.6 Å². The lowest BCUT2D eigenvalue weighted by Crippen LogP contribution is -2.56. The fourth-order valence-corrected chi connectivity index (χ4v) is 6.18. The fourth-order valence-electron chi connectivity index (χ4n) is 6.18. The minimum absolute atomic E-state index is 0.0160. The minimum atomic E-state index is -1.29. The van der Waals surface area contributed by atoms with E-state index >= 15 is 0 Å². The predicted molar refractivity (Wildman–Crippen MR) is 150 cm³/mol. The summed E-state index contributed by atoms with van der Waals surface area (Å²) < 4.78 is 5.60. The van der Waals surface area contributed by atoms with Gasteiger partial charge in [-0.3, -0.25) is 9.69 Å². The van der Waals surface area contributed by atoms with Crippen LogP contribution in [0.2, 0.25) is 0 Å². The van der Waals surface area contributed by atoms with Gasteiger partial charge in [-0.1, -0.05) is 78.9 Å². The molecule has 1 unspecified atom stereocenters. The van der Waals surface area contributed by atoms with Crippen molar-refractivity contribution >= 4 is 18.0 Å². The van der Waals surface area contributed by atoms with Gasteiger partial charge in [0.25, 0.3) is 0 Å². The number of carboxylic acids is 1. The largest absolute Gasteiger partial charge is 0.479 e. The topological polar surface area (TPSA) is 108 Å². The Kier molecular flexibility index (Phi) is 7.02. The Morgan fingerprint density at radius 3 is 2.25 bits per heavy atom. The molecule has 1 heterocycles. The summed E-state index contributed by atoms with van der Waals surface area (Å²) in [6.45, 7) is 2.04. The van der Waals surface area contributed by atoms with Gasteiger partial charge in [0.2, 0.25) is 5.91 Å². The molecule has 6 rings (SSSR count). The van der Waals surface area contributed by atoms with E-state index in [1.54, 1.807) is 0 Å². The zero-order chi connectivity index (χ0) is 27.7. The Hall–Kier alpha value is -4.17. The normalized spacial score (nSPS) is 23.2. The Morgan fingerprint density at radius 1 is 0.925 bits per heavy atom. The van der Waals surface area contributed by atoms with Crippen LogP contribution in [0.4, 0.5) is 4.79 Å². The first kappa shape index (κ1) is 26.1. The molecule has 8 heteroatoms. The number of nitrogens with zero attached hydrogens (tertiary/aromatic N) is 1. The number of nitrogens with one attached hydrogen (secondary N) is 2. The average molecular weight is 540 g/mol. The Bertz CT molecular complexity index is 1380. The summed E-state index contributed by atoms with van der Waals surface area (Å²) in [6, 6.07) is 26.2. The summed E-state index contributed by atoms with van der Waals surface area (Å²) in [5.74, 6) is -1.63. The number of carbonyl (C=O) groups is 3. The molecule has 0 radical (unpaired) electrons. The number of ether oxygens (including phenoxy) is 1. The van der Waals surface area contributed by atoms with E-state index < -0.39 is 17.6 Å². The maximum absolute atomic E-state index is 13.0. The van der Waals surface area contributed by atoms with Crippen molar-refractivity contribution < 1.29 is 24.2 Å². The zero-order valence-electron chi connectivity index (χ0n) is 22.2. The van der Waals surface area contributed by atoms with E-state index in [0.29, 0.717) is 32.5 Å². The number of amides is 2. The van der Waals surface area contributed by atoms with Gasteiger partial charge in [0.1, 0.15) is 6.61 Å². The van der Waals surface area contributed by atoms with Crippen LogP contribution in [0.5, 0.6) is 0 Å². The van der Waals surface area contributed by atoms with Crippen molar-refractivity contribution in [2.45, 2.75) is 30.8 Å². The molecule has 1 aliphatic heterocycles. The number of alkyl carbamates (subject to hydrolysis) is 1. The first-order valence-electron chi connectivity index (χ1n) is 13.8. The SMILES string of the molecule is O=C(NC[C@H]1C[C@H]1C(=O)NC1(C(=O)O)CCN(Cc2ccccc2)C1)OCC1c2ccccc2-c2ccccc21. The molecule has 3 aliphatic rings. The van der Waals surface area contributed by atoms with E-state index in [2.05, 4.69) is 39.8 Å². The van der Waals surface area contributed by atoms with E-state index in [4.69, 9.17) is 4.74 Å². The van der Waals surface area contributed by atoms with Gasteiger partial charge in [-0.25, -0.2) is 9.59 Å². The van der Waals surface area contributed by atoms with Crippen LogP contribution in [0.25, 0.3) is 11.1 Å². The number of aliphatic carboxylic acids is 1. The van der Waals surface area contributed by atoms with Gasteiger partial charge < -0.3 is 20.5 Å². The van der Waals surface area contributed by atoms with Gasteiger partial charge in [0.05, 0.1) is 0 Å². The predicted octanol–water partition coefficient (Wildman–Crippen LogP) is 4.01. The zero-order valence-corrected chi connectivity index (χ0v) is 22.2. The fraction of sp³-hybridized carbons (Fsp3) is 0.344. The van der Waals surface area contributed by atoms with Crippen LogP contribution in [0, 0.1) is 11.8 Å². The standard InChI is InChI=1S/C32H33N3O5/c36-29(34-32(30(37)38)14-15-35(20-32)18-21-8-2-1-3-9-21)27-16-22(27)17-33-31(39)40-19-28-25-12-6-4-10-23(25)24-11-5-7-13-26(24)28/h1-13,22,27-28H,14-20H2,(H,33,39)(H,34,36)(H,37,38)/t22-,27-,32?/m1/s1. The van der Waals surface area contributed by atoms with Crippen LogP contribution in [0.15, 0.2) is 78.9 Å². The van der Waals surface area contributed by atoms with Crippen LogP contribution >= 0.6 is 0 Å². The highest BCUT2D eigenvalue weighted by atomic mass is 16.5. The number of hydrogen-bond acceptors (Lipinski definition) is 5. The summed E-state index contributed by atoms with van der Waals surface area (Å²) in [5, 5.41) is 15.6. The molecule has 1 saturated carbocycles. The van der Waals surface area contributed by atoms with Crippen molar-refractivity contribution in [1.82, 2.24) is 15.5 Å². The van der Waals surface area contributed by atoms with E-state index in [-0.39, 0.29) is 36.8 Å². The molecule has 206 valence electrons. The highest BCUT2D eigenvalue weighted by Gasteiger charge is 2.50. The average Bonchev–Trinajstić information content (AvgIpc) is 3.54. The number of rotatable bonds is 9. The monoisotopic (exact) mass is 539 g/mol. The third kappa shape index (κ3) is 5.19. The Balaban J connectivity index is 0.978. The maximum Gasteiger partial charge on any atom is 0.407 e. The molecule has 0 aromatic heterocycles. The molecule has 2 amide bonds. The number of carbonyl (C=O) groups excluding carboxylic acids is 2. The van der Waals surface area contributed by atoms with Crippen LogP contribution < -0.4 is 10.6 Å². The number of carboxylic acid groups (broad SMARTS) is 1.